The Hall–Kier alpha value is -5.52. The number of nitrogens with zero attached hydrogens (tertiary/aromatic N) is 1. The van der Waals surface area contributed by atoms with Gasteiger partial charge in [-0.3, -0.25) is 9.59 Å². The van der Waals surface area contributed by atoms with Crippen molar-refractivity contribution in [2.75, 3.05) is 19.0 Å². The van der Waals surface area contributed by atoms with Gasteiger partial charge in [0.1, 0.15) is 41.4 Å². The third-order valence-corrected chi connectivity index (χ3v) is 7.79. The van der Waals surface area contributed by atoms with Gasteiger partial charge in [0.15, 0.2) is 0 Å². The van der Waals surface area contributed by atoms with Crippen molar-refractivity contribution in [3.8, 4) is 11.5 Å². The van der Waals surface area contributed by atoms with Crippen LogP contribution in [0.3, 0.4) is 0 Å². The molecule has 12 nitrogen and oxygen atoms in total. The summed E-state index contributed by atoms with van der Waals surface area (Å²) in [4.78, 5) is 53.3. The number of aryl methyl sites for hydroxylation is 1. The maximum atomic E-state index is 14.0. The van der Waals surface area contributed by atoms with Crippen molar-refractivity contribution in [2.45, 2.75) is 97.1 Å². The smallest absolute Gasteiger partial charge is 0.408 e. The maximum absolute atomic E-state index is 14.0. The van der Waals surface area contributed by atoms with Crippen LogP contribution < -0.4 is 25.6 Å². The minimum atomic E-state index is -0.923. The van der Waals surface area contributed by atoms with Gasteiger partial charge in [0.05, 0.1) is 0 Å². The lowest BCUT2D eigenvalue weighted by Crippen LogP contribution is -2.49. The fourth-order valence-electron chi connectivity index (χ4n) is 5.20. The Morgan fingerprint density at radius 3 is 2.04 bits per heavy atom. The second-order valence-electron chi connectivity index (χ2n) is 14.6. The number of anilines is 1. The van der Waals surface area contributed by atoms with E-state index in [-0.39, 0.29) is 30.6 Å². The number of amides is 4. The minimum absolute atomic E-state index is 0.163. The Balaban J connectivity index is 1.87. The Bertz CT molecular complexity index is 1710. The Labute approximate surface area is 312 Å². The highest BCUT2D eigenvalue weighted by molar-refractivity contribution is 5.98. The van der Waals surface area contributed by atoms with Crippen molar-refractivity contribution in [1.82, 2.24) is 16.0 Å². The van der Waals surface area contributed by atoms with Gasteiger partial charge in [-0.1, -0.05) is 60.7 Å². The number of rotatable bonds is 15. The number of likely N-dealkylation sites (N-methyl/N-ethyl adjacent to an activating group) is 2. The van der Waals surface area contributed by atoms with Crippen LogP contribution in [-0.4, -0.2) is 66.5 Å². The SMILES string of the molecule is CNC(=O)[C@H](C/C=C/c1ccc(N(C)C(=O)[C@H](CCCc2ccccc2O)NC(=O)OC(C)(C)C)cc1OCc1ccccc1)NC(=O)OC(C)(C)C. The Morgan fingerprint density at radius 2 is 1.43 bits per heavy atom. The normalized spacial score (nSPS) is 12.7. The van der Waals surface area contributed by atoms with Crippen LogP contribution in [0.1, 0.15) is 77.5 Å². The monoisotopic (exact) mass is 730 g/mol. The van der Waals surface area contributed by atoms with Crippen LogP contribution in [0.15, 0.2) is 78.9 Å². The number of para-hydroxylation sites is 1. The minimum Gasteiger partial charge on any atom is -0.508 e. The first-order valence-electron chi connectivity index (χ1n) is 17.7. The van der Waals surface area contributed by atoms with Gasteiger partial charge in [0, 0.05) is 31.4 Å². The van der Waals surface area contributed by atoms with Crippen LogP contribution in [0.5, 0.6) is 11.5 Å². The fourth-order valence-corrected chi connectivity index (χ4v) is 5.20. The summed E-state index contributed by atoms with van der Waals surface area (Å²) in [5, 5.41) is 18.2. The van der Waals surface area contributed by atoms with Crippen molar-refractivity contribution in [1.29, 1.82) is 0 Å². The zero-order chi connectivity index (χ0) is 39.2. The van der Waals surface area contributed by atoms with Crippen LogP contribution in [0.25, 0.3) is 6.08 Å². The third-order valence-electron chi connectivity index (χ3n) is 7.79. The van der Waals surface area contributed by atoms with Gasteiger partial charge in [0.25, 0.3) is 0 Å². The van der Waals surface area contributed by atoms with E-state index in [4.69, 9.17) is 14.2 Å². The lowest BCUT2D eigenvalue weighted by Gasteiger charge is -2.27. The molecule has 0 radical (unpaired) electrons. The Kier molecular flexibility index (Phi) is 15.3. The number of ether oxygens (including phenoxy) is 3. The number of hydrogen-bond acceptors (Lipinski definition) is 8. The van der Waals surface area contributed by atoms with Crippen LogP contribution in [0.4, 0.5) is 15.3 Å². The zero-order valence-corrected chi connectivity index (χ0v) is 32.0. The van der Waals surface area contributed by atoms with E-state index in [1.807, 2.05) is 42.5 Å². The summed E-state index contributed by atoms with van der Waals surface area (Å²) in [6, 6.07) is 20.1. The molecule has 0 bridgehead atoms. The second kappa shape index (κ2) is 19.4. The first-order valence-corrected chi connectivity index (χ1v) is 17.7. The average Bonchev–Trinajstić information content (AvgIpc) is 3.08. The van der Waals surface area contributed by atoms with Crippen molar-refractivity contribution in [2.24, 2.45) is 0 Å². The topological polar surface area (TPSA) is 156 Å². The first kappa shape index (κ1) is 41.9. The number of carbonyl (C=O) groups is 4. The zero-order valence-electron chi connectivity index (χ0n) is 32.0. The van der Waals surface area contributed by atoms with E-state index in [2.05, 4.69) is 16.0 Å². The van der Waals surface area contributed by atoms with Gasteiger partial charge in [0.2, 0.25) is 11.8 Å². The molecule has 0 saturated carbocycles. The molecule has 3 aromatic rings. The number of nitrogens with one attached hydrogen (secondary N) is 3. The third kappa shape index (κ3) is 14.6. The highest BCUT2D eigenvalue weighted by atomic mass is 16.6. The Morgan fingerprint density at radius 1 is 0.830 bits per heavy atom. The second-order valence-corrected chi connectivity index (χ2v) is 14.6. The van der Waals surface area contributed by atoms with Gasteiger partial charge >= 0.3 is 12.2 Å². The molecule has 0 aliphatic heterocycles. The average molecular weight is 731 g/mol. The molecular weight excluding hydrogens is 676 g/mol. The van der Waals surface area contributed by atoms with Crippen LogP contribution in [0.2, 0.25) is 0 Å². The lowest BCUT2D eigenvalue weighted by molar-refractivity contribution is -0.122. The van der Waals surface area contributed by atoms with E-state index in [9.17, 15) is 24.3 Å². The molecule has 0 heterocycles. The molecule has 12 heteroatoms. The lowest BCUT2D eigenvalue weighted by atomic mass is 10.0. The van der Waals surface area contributed by atoms with Crippen LogP contribution >= 0.6 is 0 Å². The molecule has 0 fully saturated rings. The number of alkyl carbamates (subject to hydrolysis) is 2. The summed E-state index contributed by atoms with van der Waals surface area (Å²) in [5.74, 6) is -0.109. The fraction of sp³-hybridized carbons (Fsp3) is 0.415. The molecule has 0 aliphatic rings. The molecule has 286 valence electrons. The van der Waals surface area contributed by atoms with E-state index in [1.165, 1.54) is 11.9 Å². The standard InChI is InChI=1S/C41H54N4O8/c1-40(2,3)52-38(49)43-32(36(47)42-7)21-15-20-30-24-25-31(26-35(30)51-27-28-16-10-9-11-17-28)45(8)37(48)33(44-39(50)53-41(4,5)6)22-14-19-29-18-12-13-23-34(29)46/h9-13,15-18,20,23-26,32-33,46H,14,19,21-22,27H2,1-8H3,(H,42,47)(H,43,49)(H,44,50)/b20-15+/t32-,33-/m0/s1. The highest BCUT2D eigenvalue weighted by Crippen LogP contribution is 2.29. The number of carbonyl (C=O) groups excluding carboxylic acids is 4. The van der Waals surface area contributed by atoms with Crippen molar-refractivity contribution in [3.05, 3.63) is 95.6 Å². The summed E-state index contributed by atoms with van der Waals surface area (Å²) in [5.41, 5.74) is 1.37. The van der Waals surface area contributed by atoms with E-state index in [1.54, 1.807) is 91.1 Å². The van der Waals surface area contributed by atoms with Crippen LogP contribution in [0, 0.1) is 0 Å². The number of aromatic hydroxyl groups is 1. The molecule has 0 unspecified atom stereocenters. The molecule has 3 aromatic carbocycles. The molecule has 3 rings (SSSR count). The van der Waals surface area contributed by atoms with Gasteiger partial charge in [-0.05, 0) is 96.6 Å². The molecule has 4 N–H and O–H groups in total. The molecule has 4 amide bonds. The van der Waals surface area contributed by atoms with E-state index in [0.717, 1.165) is 11.1 Å². The van der Waals surface area contributed by atoms with Crippen molar-refractivity contribution in [3.63, 3.8) is 0 Å². The summed E-state index contributed by atoms with van der Waals surface area (Å²) in [7, 11) is 3.11. The quantitative estimate of drug-likeness (QED) is 0.132. The molecule has 0 aromatic heterocycles. The largest absolute Gasteiger partial charge is 0.508 e. The van der Waals surface area contributed by atoms with Gasteiger partial charge in [-0.15, -0.1) is 0 Å². The first-order chi connectivity index (χ1) is 25.0. The molecule has 2 atom stereocenters. The number of benzene rings is 3. The number of phenols is 1. The predicted octanol–water partition coefficient (Wildman–Crippen LogP) is 6.89. The predicted molar refractivity (Wildman–Crippen MR) is 206 cm³/mol. The summed E-state index contributed by atoms with van der Waals surface area (Å²) >= 11 is 0. The summed E-state index contributed by atoms with van der Waals surface area (Å²) in [6.07, 6.45) is 3.58. The van der Waals surface area contributed by atoms with E-state index in [0.29, 0.717) is 36.3 Å². The molecule has 0 aliphatic carbocycles. The number of hydrogen-bond donors (Lipinski definition) is 4. The van der Waals surface area contributed by atoms with E-state index >= 15 is 0 Å². The maximum Gasteiger partial charge on any atom is 0.408 e. The number of phenolic OH excluding ortho intramolecular Hbond substituents is 1. The van der Waals surface area contributed by atoms with Gasteiger partial charge < -0.3 is 40.2 Å². The molecule has 0 saturated heterocycles. The summed E-state index contributed by atoms with van der Waals surface area (Å²) in [6.45, 7) is 10.7. The molecule has 0 spiro atoms. The van der Waals surface area contributed by atoms with E-state index < -0.39 is 35.5 Å². The van der Waals surface area contributed by atoms with Crippen molar-refractivity contribution >= 4 is 35.8 Å². The highest BCUT2D eigenvalue weighted by Gasteiger charge is 2.28. The van der Waals surface area contributed by atoms with Crippen molar-refractivity contribution < 1.29 is 38.5 Å². The summed E-state index contributed by atoms with van der Waals surface area (Å²) < 4.78 is 17.1. The van der Waals surface area contributed by atoms with Gasteiger partial charge in [-0.2, -0.15) is 0 Å². The van der Waals surface area contributed by atoms with Crippen LogP contribution in [-0.2, 0) is 32.1 Å². The van der Waals surface area contributed by atoms with Gasteiger partial charge in [-0.25, -0.2) is 9.59 Å². The molecule has 53 heavy (non-hydrogen) atoms. The molecular formula is C41H54N4O8.